The molecule has 2 heterocycles. The number of fused-ring (bicyclic) bond motifs is 1. The first-order chi connectivity index (χ1) is 16.7. The van der Waals surface area contributed by atoms with E-state index in [-0.39, 0.29) is 24.5 Å². The lowest BCUT2D eigenvalue weighted by atomic mass is 9.85. The highest BCUT2D eigenvalue weighted by molar-refractivity contribution is 6.32. The maximum absolute atomic E-state index is 11.8. The largest absolute Gasteiger partial charge is 0.494 e. The zero-order chi connectivity index (χ0) is 25.2. The minimum Gasteiger partial charge on any atom is -0.494 e. The average Bonchev–Trinajstić information content (AvgIpc) is 3.20. The van der Waals surface area contributed by atoms with Crippen molar-refractivity contribution in [3.8, 4) is 22.8 Å². The van der Waals surface area contributed by atoms with Gasteiger partial charge in [0.05, 0.1) is 30.1 Å². The van der Waals surface area contributed by atoms with Gasteiger partial charge in [0.25, 0.3) is 5.91 Å². The molecule has 1 aromatic carbocycles. The highest BCUT2D eigenvalue weighted by atomic mass is 35.5. The lowest BCUT2D eigenvalue weighted by Crippen LogP contribution is -2.27. The summed E-state index contributed by atoms with van der Waals surface area (Å²) in [4.78, 5) is 26.8. The molecule has 0 spiro atoms. The molecular formula is C25H28ClN5O4. The van der Waals surface area contributed by atoms with E-state index in [1.54, 1.807) is 38.6 Å². The molecule has 0 radical (unpaired) electrons. The van der Waals surface area contributed by atoms with Crippen LogP contribution in [0.4, 0.5) is 11.6 Å². The fraction of sp³-hybridized carbons (Fsp3) is 0.360. The summed E-state index contributed by atoms with van der Waals surface area (Å²) in [7, 11) is 4.83. The van der Waals surface area contributed by atoms with Crippen molar-refractivity contribution in [2.45, 2.75) is 25.2 Å². The van der Waals surface area contributed by atoms with E-state index in [1.807, 2.05) is 6.07 Å². The normalized spacial score (nSPS) is 16.5. The smallest absolute Gasteiger partial charge is 0.259 e. The molecule has 9 nitrogen and oxygen atoms in total. The van der Waals surface area contributed by atoms with Crippen molar-refractivity contribution in [3.63, 3.8) is 0 Å². The Morgan fingerprint density at radius 3 is 2.77 bits per heavy atom. The quantitative estimate of drug-likeness (QED) is 0.485. The van der Waals surface area contributed by atoms with Crippen LogP contribution < -0.4 is 14.8 Å². The number of aromatic nitrogens is 3. The number of carbonyl (C=O) groups excluding carboxylic acids is 1. The van der Waals surface area contributed by atoms with E-state index in [4.69, 9.17) is 21.1 Å². The second kappa shape index (κ2) is 10.1. The van der Waals surface area contributed by atoms with Crippen LogP contribution in [-0.4, -0.2) is 65.3 Å². The lowest BCUT2D eigenvalue weighted by molar-refractivity contribution is -0.130. The number of methoxy groups -OCH3 is 1. The highest BCUT2D eigenvalue weighted by Gasteiger charge is 2.35. The Morgan fingerprint density at radius 2 is 2.06 bits per heavy atom. The van der Waals surface area contributed by atoms with E-state index in [9.17, 15) is 9.90 Å². The fourth-order valence-corrected chi connectivity index (χ4v) is 4.15. The molecule has 1 amide bonds. The summed E-state index contributed by atoms with van der Waals surface area (Å²) in [6, 6.07) is 7.10. The van der Waals surface area contributed by atoms with Crippen LogP contribution in [0.15, 0.2) is 36.7 Å². The zero-order valence-corrected chi connectivity index (χ0v) is 20.9. The Kier molecular flexibility index (Phi) is 7.09. The molecule has 10 heteroatoms. The molecule has 0 saturated carbocycles. The number of hydrogen-bond donors (Lipinski definition) is 2. The third-order valence-corrected chi connectivity index (χ3v) is 6.48. The molecule has 35 heavy (non-hydrogen) atoms. The molecule has 1 aliphatic rings. The van der Waals surface area contributed by atoms with Gasteiger partial charge in [-0.3, -0.25) is 9.78 Å². The third-order valence-electron chi connectivity index (χ3n) is 6.18. The van der Waals surface area contributed by atoms with E-state index in [0.29, 0.717) is 33.9 Å². The van der Waals surface area contributed by atoms with Crippen molar-refractivity contribution in [1.82, 2.24) is 19.9 Å². The number of pyridine rings is 1. The standard InChI is InChI=1S/C25H28ClN5O4/c1-25(14-32)7-5-19-16(25)9-15(12-28-19)18-6-8-27-24(29-18)30-20-10-17(26)21(11-22(20)34-4)35-13-23(33)31(2)3/h6,8-12,32H,5,7,13-14H2,1-4H3,(H,27,29,30). The number of ether oxygens (including phenoxy) is 2. The van der Waals surface area contributed by atoms with Gasteiger partial charge in [-0.2, -0.15) is 0 Å². The molecule has 1 aliphatic carbocycles. The summed E-state index contributed by atoms with van der Waals surface area (Å²) >= 11 is 6.39. The highest BCUT2D eigenvalue weighted by Crippen LogP contribution is 2.40. The molecule has 0 aliphatic heterocycles. The molecular weight excluding hydrogens is 470 g/mol. The van der Waals surface area contributed by atoms with E-state index < -0.39 is 0 Å². The van der Waals surface area contributed by atoms with Gasteiger partial charge < -0.3 is 24.8 Å². The van der Waals surface area contributed by atoms with E-state index in [2.05, 4.69) is 33.3 Å². The lowest BCUT2D eigenvalue weighted by Gasteiger charge is -2.22. The van der Waals surface area contributed by atoms with Crippen molar-refractivity contribution < 1.29 is 19.4 Å². The van der Waals surface area contributed by atoms with Crippen LogP contribution in [0.2, 0.25) is 5.02 Å². The number of hydrogen-bond acceptors (Lipinski definition) is 8. The molecule has 0 saturated heterocycles. The van der Waals surface area contributed by atoms with Gasteiger partial charge in [0.1, 0.15) is 11.5 Å². The van der Waals surface area contributed by atoms with Crippen LogP contribution in [0, 0.1) is 0 Å². The van der Waals surface area contributed by atoms with Crippen molar-refractivity contribution in [2.75, 3.05) is 39.7 Å². The number of aryl methyl sites for hydroxylation is 1. The van der Waals surface area contributed by atoms with Gasteiger partial charge in [-0.15, -0.1) is 0 Å². The van der Waals surface area contributed by atoms with Crippen molar-refractivity contribution in [3.05, 3.63) is 52.9 Å². The molecule has 3 aromatic rings. The number of anilines is 2. The summed E-state index contributed by atoms with van der Waals surface area (Å²) in [6.07, 6.45) is 5.18. The maximum atomic E-state index is 11.8. The average molecular weight is 498 g/mol. The van der Waals surface area contributed by atoms with Crippen LogP contribution in [0.3, 0.4) is 0 Å². The Bertz CT molecular complexity index is 1250. The molecule has 0 fully saturated rings. The number of rotatable bonds is 8. The number of aliphatic hydroxyl groups excluding tert-OH is 1. The monoisotopic (exact) mass is 497 g/mol. The van der Waals surface area contributed by atoms with Gasteiger partial charge in [0.2, 0.25) is 5.95 Å². The predicted octanol–water partition coefficient (Wildman–Crippen LogP) is 3.61. The third kappa shape index (κ3) is 5.16. The van der Waals surface area contributed by atoms with Crippen LogP contribution in [0.1, 0.15) is 24.6 Å². The number of benzene rings is 1. The molecule has 0 bridgehead atoms. The topological polar surface area (TPSA) is 110 Å². The Balaban J connectivity index is 1.58. The van der Waals surface area contributed by atoms with Gasteiger partial charge >= 0.3 is 0 Å². The summed E-state index contributed by atoms with van der Waals surface area (Å²) in [5.41, 5.74) is 3.86. The van der Waals surface area contributed by atoms with Crippen LogP contribution in [0.5, 0.6) is 11.5 Å². The van der Waals surface area contributed by atoms with E-state index in [0.717, 1.165) is 29.7 Å². The predicted molar refractivity (Wildman–Crippen MR) is 133 cm³/mol. The molecule has 4 rings (SSSR count). The number of likely N-dealkylation sites (N-methyl/N-ethyl adjacent to an activating group) is 1. The Morgan fingerprint density at radius 1 is 1.26 bits per heavy atom. The Labute approximate surface area is 209 Å². The molecule has 1 unspecified atom stereocenters. The van der Waals surface area contributed by atoms with Crippen molar-refractivity contribution in [1.29, 1.82) is 0 Å². The van der Waals surface area contributed by atoms with Gasteiger partial charge in [0, 0.05) is 49.2 Å². The number of nitrogens with one attached hydrogen (secondary N) is 1. The van der Waals surface area contributed by atoms with Gasteiger partial charge in [-0.1, -0.05) is 18.5 Å². The SMILES string of the molecule is COc1cc(OCC(=O)N(C)C)c(Cl)cc1Nc1nccc(-c2cnc3c(c2)C(C)(CO)CC3)n1. The number of halogens is 1. The van der Waals surface area contributed by atoms with Crippen LogP contribution in [-0.2, 0) is 16.6 Å². The second-order valence-corrected chi connectivity index (χ2v) is 9.29. The van der Waals surface area contributed by atoms with Crippen LogP contribution >= 0.6 is 11.6 Å². The molecule has 2 N–H and O–H groups in total. The first-order valence-electron chi connectivity index (χ1n) is 11.2. The fourth-order valence-electron chi connectivity index (χ4n) is 3.93. The first kappa shape index (κ1) is 24.7. The summed E-state index contributed by atoms with van der Waals surface area (Å²) < 4.78 is 11.0. The van der Waals surface area contributed by atoms with Gasteiger partial charge in [-0.05, 0) is 36.6 Å². The van der Waals surface area contributed by atoms with Crippen molar-refractivity contribution >= 4 is 29.1 Å². The molecule has 184 valence electrons. The second-order valence-electron chi connectivity index (χ2n) is 8.89. The van der Waals surface area contributed by atoms with Crippen molar-refractivity contribution in [2.24, 2.45) is 0 Å². The van der Waals surface area contributed by atoms with Gasteiger partial charge in [0.15, 0.2) is 6.61 Å². The first-order valence-corrected chi connectivity index (χ1v) is 11.5. The Hall–Kier alpha value is -3.43. The molecule has 2 aromatic heterocycles. The minimum absolute atomic E-state index is 0.0747. The summed E-state index contributed by atoms with van der Waals surface area (Å²) in [5.74, 6) is 0.940. The number of nitrogens with zero attached hydrogens (tertiary/aromatic N) is 4. The molecule has 1 atom stereocenters. The zero-order valence-electron chi connectivity index (χ0n) is 20.1. The van der Waals surface area contributed by atoms with E-state index in [1.165, 1.54) is 12.0 Å². The number of carbonyl (C=O) groups is 1. The van der Waals surface area contributed by atoms with Crippen LogP contribution in [0.25, 0.3) is 11.3 Å². The van der Waals surface area contributed by atoms with E-state index >= 15 is 0 Å². The minimum atomic E-state index is -0.294. The number of amides is 1. The maximum Gasteiger partial charge on any atom is 0.259 e. The summed E-state index contributed by atoms with van der Waals surface area (Å²) in [6.45, 7) is 1.99. The van der Waals surface area contributed by atoms with Gasteiger partial charge in [-0.25, -0.2) is 9.97 Å². The summed E-state index contributed by atoms with van der Waals surface area (Å²) in [5, 5.41) is 13.4. The number of aliphatic hydroxyl groups is 1.